The molecule has 3 nitrogen and oxygen atoms in total. The van der Waals surface area contributed by atoms with Gasteiger partial charge in [-0.25, -0.2) is 4.98 Å². The highest BCUT2D eigenvalue weighted by Crippen LogP contribution is 2.28. The van der Waals surface area contributed by atoms with Crippen LogP contribution in [0, 0.1) is 6.92 Å². The summed E-state index contributed by atoms with van der Waals surface area (Å²) in [5.74, 6) is 0.448. The first-order chi connectivity index (χ1) is 12.2. The number of nitrogens with zero attached hydrogens (tertiary/aromatic N) is 1. The molecule has 0 unspecified atom stereocenters. The van der Waals surface area contributed by atoms with Crippen molar-refractivity contribution in [3.8, 4) is 11.3 Å². The van der Waals surface area contributed by atoms with E-state index in [4.69, 9.17) is 0 Å². The third kappa shape index (κ3) is 5.44. The molecule has 128 valence electrons. The zero-order chi connectivity index (χ0) is 17.5. The van der Waals surface area contributed by atoms with Crippen LogP contribution in [0.25, 0.3) is 11.3 Å². The van der Waals surface area contributed by atoms with Crippen molar-refractivity contribution < 1.29 is 4.79 Å². The van der Waals surface area contributed by atoms with Crippen LogP contribution in [0.5, 0.6) is 0 Å². The number of thiazole rings is 1. The van der Waals surface area contributed by atoms with Gasteiger partial charge >= 0.3 is 0 Å². The van der Waals surface area contributed by atoms with Gasteiger partial charge in [0.2, 0.25) is 5.91 Å². The fourth-order valence-corrected chi connectivity index (χ4v) is 4.01. The number of rotatable bonds is 7. The average Bonchev–Trinajstić information content (AvgIpc) is 3.10. The van der Waals surface area contributed by atoms with Gasteiger partial charge in [0, 0.05) is 17.5 Å². The zero-order valence-electron chi connectivity index (χ0n) is 14.1. The number of hydrogen-bond acceptors (Lipinski definition) is 4. The Morgan fingerprint density at radius 2 is 1.88 bits per heavy atom. The lowest BCUT2D eigenvalue weighted by atomic mass is 10.1. The lowest BCUT2D eigenvalue weighted by Crippen LogP contribution is -2.27. The number of carbonyl (C=O) groups is 1. The molecular formula is C20H20N2OS2. The van der Waals surface area contributed by atoms with Crippen LogP contribution in [0.1, 0.15) is 11.1 Å². The van der Waals surface area contributed by atoms with Gasteiger partial charge in [-0.2, -0.15) is 0 Å². The highest BCUT2D eigenvalue weighted by atomic mass is 32.2. The lowest BCUT2D eigenvalue weighted by molar-refractivity contribution is -0.118. The standard InChI is InChI=1S/C20H20N2OS2/c1-15-7-9-17(10-8-15)18-13-24-20(22-18)25-14-19(23)21-12-11-16-5-3-2-4-6-16/h2-10,13H,11-12,14H2,1H3,(H,21,23). The Morgan fingerprint density at radius 3 is 2.64 bits per heavy atom. The predicted octanol–water partition coefficient (Wildman–Crippen LogP) is 4.57. The first-order valence-corrected chi connectivity index (χ1v) is 10.0. The summed E-state index contributed by atoms with van der Waals surface area (Å²) in [7, 11) is 0. The molecule has 0 radical (unpaired) electrons. The Balaban J connectivity index is 1.44. The number of aryl methyl sites for hydroxylation is 1. The van der Waals surface area contributed by atoms with Crippen molar-refractivity contribution in [2.24, 2.45) is 0 Å². The number of thioether (sulfide) groups is 1. The van der Waals surface area contributed by atoms with Crippen molar-refractivity contribution in [3.63, 3.8) is 0 Å². The largest absolute Gasteiger partial charge is 0.355 e. The monoisotopic (exact) mass is 368 g/mol. The van der Waals surface area contributed by atoms with Gasteiger partial charge in [-0.15, -0.1) is 11.3 Å². The average molecular weight is 369 g/mol. The number of nitrogens with one attached hydrogen (secondary N) is 1. The molecule has 0 atom stereocenters. The number of benzene rings is 2. The van der Waals surface area contributed by atoms with Crippen LogP contribution in [0.15, 0.2) is 64.3 Å². The van der Waals surface area contributed by atoms with Crippen LogP contribution in [0.2, 0.25) is 0 Å². The van der Waals surface area contributed by atoms with Crippen LogP contribution < -0.4 is 5.32 Å². The van der Waals surface area contributed by atoms with Gasteiger partial charge in [-0.3, -0.25) is 4.79 Å². The Bertz CT molecular complexity index is 813. The summed E-state index contributed by atoms with van der Waals surface area (Å²) in [6.45, 7) is 2.73. The SMILES string of the molecule is Cc1ccc(-c2csc(SCC(=O)NCCc3ccccc3)n2)cc1. The van der Waals surface area contributed by atoms with E-state index in [1.807, 2.05) is 23.6 Å². The highest BCUT2D eigenvalue weighted by Gasteiger charge is 2.08. The van der Waals surface area contributed by atoms with Crippen molar-refractivity contribution in [2.45, 2.75) is 17.7 Å². The van der Waals surface area contributed by atoms with Crippen LogP contribution in [-0.2, 0) is 11.2 Å². The maximum Gasteiger partial charge on any atom is 0.230 e. The zero-order valence-corrected chi connectivity index (χ0v) is 15.7. The normalized spacial score (nSPS) is 10.6. The van der Waals surface area contributed by atoms with Gasteiger partial charge in [-0.1, -0.05) is 71.9 Å². The molecule has 25 heavy (non-hydrogen) atoms. The minimum absolute atomic E-state index is 0.0491. The summed E-state index contributed by atoms with van der Waals surface area (Å²) in [4.78, 5) is 16.6. The van der Waals surface area contributed by atoms with Crippen molar-refractivity contribution >= 4 is 29.0 Å². The molecule has 0 saturated heterocycles. The quantitative estimate of drug-likeness (QED) is 0.621. The van der Waals surface area contributed by atoms with E-state index >= 15 is 0 Å². The fraction of sp³-hybridized carbons (Fsp3) is 0.200. The summed E-state index contributed by atoms with van der Waals surface area (Å²) < 4.78 is 0.925. The smallest absolute Gasteiger partial charge is 0.230 e. The molecule has 3 rings (SSSR count). The molecule has 0 aliphatic heterocycles. The van der Waals surface area contributed by atoms with Gasteiger partial charge in [0.05, 0.1) is 11.4 Å². The minimum Gasteiger partial charge on any atom is -0.355 e. The molecule has 2 aromatic carbocycles. The molecule has 1 amide bonds. The van der Waals surface area contributed by atoms with E-state index in [1.54, 1.807) is 11.3 Å². The van der Waals surface area contributed by atoms with Crippen molar-refractivity contribution in [2.75, 3.05) is 12.3 Å². The molecule has 0 bridgehead atoms. The molecule has 0 spiro atoms. The molecule has 3 aromatic rings. The molecule has 5 heteroatoms. The van der Waals surface area contributed by atoms with Gasteiger partial charge in [-0.05, 0) is 18.9 Å². The van der Waals surface area contributed by atoms with Crippen LogP contribution in [0.4, 0.5) is 0 Å². The molecule has 1 aromatic heterocycles. The van der Waals surface area contributed by atoms with E-state index in [9.17, 15) is 4.79 Å². The van der Waals surface area contributed by atoms with Crippen molar-refractivity contribution in [1.29, 1.82) is 0 Å². The Kier molecular flexibility index (Phi) is 6.25. The first kappa shape index (κ1) is 17.7. The molecule has 0 aliphatic carbocycles. The summed E-state index contributed by atoms with van der Waals surface area (Å²) >= 11 is 3.07. The molecule has 0 aliphatic rings. The van der Waals surface area contributed by atoms with Gasteiger partial charge in [0.25, 0.3) is 0 Å². The number of carbonyl (C=O) groups excluding carboxylic acids is 1. The second-order valence-electron chi connectivity index (χ2n) is 5.74. The highest BCUT2D eigenvalue weighted by molar-refractivity contribution is 8.01. The first-order valence-electron chi connectivity index (χ1n) is 8.17. The number of amides is 1. The Hall–Kier alpha value is -2.11. The second kappa shape index (κ2) is 8.83. The predicted molar refractivity (Wildman–Crippen MR) is 106 cm³/mol. The van der Waals surface area contributed by atoms with E-state index in [1.165, 1.54) is 22.9 Å². The second-order valence-corrected chi connectivity index (χ2v) is 7.82. The van der Waals surface area contributed by atoms with Crippen LogP contribution in [0.3, 0.4) is 0 Å². The van der Waals surface area contributed by atoms with Gasteiger partial charge in [0.15, 0.2) is 4.34 Å². The Labute approximate surface area is 156 Å². The van der Waals surface area contributed by atoms with E-state index in [2.05, 4.69) is 53.6 Å². The number of aromatic nitrogens is 1. The summed E-state index contributed by atoms with van der Waals surface area (Å²) in [6, 6.07) is 18.5. The van der Waals surface area contributed by atoms with Gasteiger partial charge in [0.1, 0.15) is 0 Å². The van der Waals surface area contributed by atoms with E-state index in [-0.39, 0.29) is 5.91 Å². The van der Waals surface area contributed by atoms with Crippen molar-refractivity contribution in [3.05, 3.63) is 71.1 Å². The maximum atomic E-state index is 12.0. The van der Waals surface area contributed by atoms with E-state index < -0.39 is 0 Å². The van der Waals surface area contributed by atoms with Crippen LogP contribution >= 0.6 is 23.1 Å². The molecule has 1 N–H and O–H groups in total. The third-order valence-electron chi connectivity index (χ3n) is 3.74. The topological polar surface area (TPSA) is 42.0 Å². The van der Waals surface area contributed by atoms with E-state index in [0.29, 0.717) is 12.3 Å². The molecule has 1 heterocycles. The Morgan fingerprint density at radius 1 is 1.12 bits per heavy atom. The molecular weight excluding hydrogens is 348 g/mol. The third-order valence-corrected chi connectivity index (χ3v) is 5.76. The maximum absolute atomic E-state index is 12.0. The molecule has 0 fully saturated rings. The van der Waals surface area contributed by atoms with E-state index in [0.717, 1.165) is 22.0 Å². The summed E-state index contributed by atoms with van der Waals surface area (Å²) in [5, 5.41) is 5.01. The number of hydrogen-bond donors (Lipinski definition) is 1. The molecule has 0 saturated carbocycles. The fourth-order valence-electron chi connectivity index (χ4n) is 2.35. The summed E-state index contributed by atoms with van der Waals surface area (Å²) in [5.41, 5.74) is 4.55. The summed E-state index contributed by atoms with van der Waals surface area (Å²) in [6.07, 6.45) is 0.853. The lowest BCUT2D eigenvalue weighted by Gasteiger charge is -2.04. The van der Waals surface area contributed by atoms with Crippen molar-refractivity contribution in [1.82, 2.24) is 10.3 Å². The minimum atomic E-state index is 0.0491. The van der Waals surface area contributed by atoms with Crippen LogP contribution in [-0.4, -0.2) is 23.2 Å². The van der Waals surface area contributed by atoms with Gasteiger partial charge < -0.3 is 5.32 Å².